The first-order chi connectivity index (χ1) is 12.8. The molecule has 0 unspecified atom stereocenters. The van der Waals surface area contributed by atoms with Crippen LogP contribution in [0.4, 0.5) is 4.79 Å². The van der Waals surface area contributed by atoms with Crippen molar-refractivity contribution in [2.45, 2.75) is 44.4 Å². The Kier molecular flexibility index (Phi) is 5.16. The second kappa shape index (κ2) is 7.87. The summed E-state index contributed by atoms with van der Waals surface area (Å²) in [7, 11) is 0. The van der Waals surface area contributed by atoms with E-state index >= 15 is 0 Å². The van der Waals surface area contributed by atoms with Gasteiger partial charge in [0.1, 0.15) is 0 Å². The van der Waals surface area contributed by atoms with Crippen molar-refractivity contribution in [2.75, 3.05) is 13.2 Å². The minimum Gasteiger partial charge on any atom is -0.376 e. The largest absolute Gasteiger partial charge is 0.376 e. The second-order valence-electron chi connectivity index (χ2n) is 7.19. The van der Waals surface area contributed by atoms with E-state index in [-0.39, 0.29) is 18.2 Å². The van der Waals surface area contributed by atoms with Crippen LogP contribution in [0.5, 0.6) is 0 Å². The second-order valence-corrected chi connectivity index (χ2v) is 7.19. The van der Waals surface area contributed by atoms with Crippen molar-refractivity contribution >= 4 is 6.03 Å². The van der Waals surface area contributed by atoms with Crippen molar-refractivity contribution in [1.82, 2.24) is 15.2 Å². The molecule has 26 heavy (non-hydrogen) atoms. The molecule has 5 nitrogen and oxygen atoms in total. The molecule has 2 amide bonds. The summed E-state index contributed by atoms with van der Waals surface area (Å²) in [5.41, 5.74) is 3.78. The fourth-order valence-electron chi connectivity index (χ4n) is 3.89. The Morgan fingerprint density at radius 3 is 2.54 bits per heavy atom. The Balaban J connectivity index is 1.41. The van der Waals surface area contributed by atoms with Gasteiger partial charge >= 0.3 is 6.03 Å². The summed E-state index contributed by atoms with van der Waals surface area (Å²) in [4.78, 5) is 18.9. The minimum atomic E-state index is -0.00452. The van der Waals surface area contributed by atoms with E-state index in [0.717, 1.165) is 37.9 Å². The molecule has 1 atom stereocenters. The van der Waals surface area contributed by atoms with E-state index in [2.05, 4.69) is 34.6 Å². The molecule has 2 heterocycles. The molecule has 0 spiro atoms. The van der Waals surface area contributed by atoms with E-state index in [1.165, 1.54) is 11.1 Å². The average Bonchev–Trinajstić information content (AvgIpc) is 3.31. The zero-order valence-electron chi connectivity index (χ0n) is 14.9. The number of fused-ring (bicyclic) bond motifs is 1. The van der Waals surface area contributed by atoms with Crippen LogP contribution in [0, 0.1) is 0 Å². The zero-order chi connectivity index (χ0) is 17.8. The first kappa shape index (κ1) is 17.0. The standard InChI is InChI=1S/C21H25N3O2/c25-21(23-19-12-17-4-1-2-5-18(17)13-19)24(15-20-6-3-11-26-20)14-16-7-9-22-10-8-16/h1-2,4-5,7-10,19-20H,3,6,11-15H2,(H,23,25)/t20-/m1/s1. The Morgan fingerprint density at radius 1 is 1.15 bits per heavy atom. The number of hydrogen-bond acceptors (Lipinski definition) is 3. The highest BCUT2D eigenvalue weighted by Crippen LogP contribution is 2.22. The van der Waals surface area contributed by atoms with Crippen LogP contribution in [0.15, 0.2) is 48.8 Å². The van der Waals surface area contributed by atoms with Crippen molar-refractivity contribution in [3.05, 3.63) is 65.5 Å². The highest BCUT2D eigenvalue weighted by molar-refractivity contribution is 5.75. The molecule has 0 bridgehead atoms. The van der Waals surface area contributed by atoms with Crippen molar-refractivity contribution in [3.63, 3.8) is 0 Å². The number of amides is 2. The summed E-state index contributed by atoms with van der Waals surface area (Å²) >= 11 is 0. The number of urea groups is 1. The lowest BCUT2D eigenvalue weighted by Crippen LogP contribution is -2.47. The predicted molar refractivity (Wildman–Crippen MR) is 99.8 cm³/mol. The zero-order valence-corrected chi connectivity index (χ0v) is 14.9. The molecular weight excluding hydrogens is 326 g/mol. The van der Waals surface area contributed by atoms with Crippen molar-refractivity contribution in [2.24, 2.45) is 0 Å². The number of benzene rings is 1. The number of nitrogens with zero attached hydrogens (tertiary/aromatic N) is 2. The lowest BCUT2D eigenvalue weighted by atomic mass is 10.1. The van der Waals surface area contributed by atoms with Gasteiger partial charge in [0.05, 0.1) is 6.10 Å². The molecule has 0 radical (unpaired) electrons. The molecule has 4 rings (SSSR count). The molecule has 2 aromatic rings. The van der Waals surface area contributed by atoms with Crippen LogP contribution in [-0.2, 0) is 24.1 Å². The maximum absolute atomic E-state index is 13.0. The molecule has 2 aliphatic rings. The van der Waals surface area contributed by atoms with Crippen molar-refractivity contribution in [1.29, 1.82) is 0 Å². The molecule has 136 valence electrons. The first-order valence-electron chi connectivity index (χ1n) is 9.40. The molecule has 1 aromatic heterocycles. The van der Waals surface area contributed by atoms with Gasteiger partial charge in [0.2, 0.25) is 0 Å². The Morgan fingerprint density at radius 2 is 1.88 bits per heavy atom. The lowest BCUT2D eigenvalue weighted by Gasteiger charge is -2.27. The number of ether oxygens (including phenoxy) is 1. The van der Waals surface area contributed by atoms with Gasteiger partial charge in [0.25, 0.3) is 0 Å². The third kappa shape index (κ3) is 4.05. The average molecular weight is 351 g/mol. The van der Waals surface area contributed by atoms with E-state index in [1.54, 1.807) is 12.4 Å². The molecule has 1 aliphatic heterocycles. The summed E-state index contributed by atoms with van der Waals surface area (Å²) < 4.78 is 5.76. The molecule has 1 N–H and O–H groups in total. The van der Waals surface area contributed by atoms with Gasteiger partial charge in [-0.05, 0) is 54.5 Å². The lowest BCUT2D eigenvalue weighted by molar-refractivity contribution is 0.0789. The number of pyridine rings is 1. The number of carbonyl (C=O) groups is 1. The van der Waals surface area contributed by atoms with E-state index < -0.39 is 0 Å². The van der Waals surface area contributed by atoms with Crippen LogP contribution < -0.4 is 5.32 Å². The van der Waals surface area contributed by atoms with Gasteiger partial charge < -0.3 is 15.0 Å². The maximum Gasteiger partial charge on any atom is 0.318 e. The molecule has 1 fully saturated rings. The Labute approximate surface area is 154 Å². The topological polar surface area (TPSA) is 54.5 Å². The third-order valence-corrected chi connectivity index (χ3v) is 5.24. The van der Waals surface area contributed by atoms with Gasteiger partial charge in [-0.2, -0.15) is 0 Å². The van der Waals surface area contributed by atoms with E-state index in [4.69, 9.17) is 4.74 Å². The maximum atomic E-state index is 13.0. The summed E-state index contributed by atoms with van der Waals surface area (Å²) in [5.74, 6) is 0. The van der Waals surface area contributed by atoms with Gasteiger partial charge in [0.15, 0.2) is 0 Å². The van der Waals surface area contributed by atoms with Crippen LogP contribution in [-0.4, -0.2) is 41.2 Å². The van der Waals surface area contributed by atoms with Crippen molar-refractivity contribution < 1.29 is 9.53 Å². The smallest absolute Gasteiger partial charge is 0.318 e. The highest BCUT2D eigenvalue weighted by atomic mass is 16.5. The first-order valence-corrected chi connectivity index (χ1v) is 9.40. The Hall–Kier alpha value is -2.40. The Bertz CT molecular complexity index is 719. The highest BCUT2D eigenvalue weighted by Gasteiger charge is 2.27. The third-order valence-electron chi connectivity index (χ3n) is 5.24. The summed E-state index contributed by atoms with van der Waals surface area (Å²) in [6.07, 6.45) is 7.59. The van der Waals surface area contributed by atoms with Gasteiger partial charge in [-0.3, -0.25) is 4.98 Å². The summed E-state index contributed by atoms with van der Waals surface area (Å²) in [6.45, 7) is 2.01. The fraction of sp³-hybridized carbons (Fsp3) is 0.429. The van der Waals surface area contributed by atoms with Crippen LogP contribution in [0.25, 0.3) is 0 Å². The summed E-state index contributed by atoms with van der Waals surface area (Å²) in [5, 5.41) is 3.24. The van der Waals surface area contributed by atoms with E-state index in [9.17, 15) is 4.79 Å². The van der Waals surface area contributed by atoms with Crippen LogP contribution in [0.1, 0.15) is 29.5 Å². The summed E-state index contributed by atoms with van der Waals surface area (Å²) in [6, 6.07) is 12.5. The van der Waals surface area contributed by atoms with E-state index in [1.807, 2.05) is 17.0 Å². The SMILES string of the molecule is O=C(NC1Cc2ccccc2C1)N(Cc1ccncc1)C[C@H]1CCCO1. The number of hydrogen-bond donors (Lipinski definition) is 1. The molecule has 1 aromatic carbocycles. The van der Waals surface area contributed by atoms with Gasteiger partial charge in [-0.25, -0.2) is 4.79 Å². The molecule has 1 saturated heterocycles. The monoisotopic (exact) mass is 351 g/mol. The predicted octanol–water partition coefficient (Wildman–Crippen LogP) is 2.94. The quantitative estimate of drug-likeness (QED) is 0.901. The number of carbonyl (C=O) groups excluding carboxylic acids is 1. The molecule has 0 saturated carbocycles. The number of aromatic nitrogens is 1. The molecule has 5 heteroatoms. The van der Waals surface area contributed by atoms with Crippen LogP contribution in [0.3, 0.4) is 0 Å². The van der Waals surface area contributed by atoms with Crippen LogP contribution >= 0.6 is 0 Å². The number of rotatable bonds is 5. The van der Waals surface area contributed by atoms with Crippen molar-refractivity contribution in [3.8, 4) is 0 Å². The van der Waals surface area contributed by atoms with Gasteiger partial charge in [0, 0.05) is 38.1 Å². The van der Waals surface area contributed by atoms with E-state index in [0.29, 0.717) is 13.1 Å². The van der Waals surface area contributed by atoms with Gasteiger partial charge in [-0.15, -0.1) is 0 Å². The normalized spacial score (nSPS) is 19.3. The molecule has 1 aliphatic carbocycles. The number of nitrogens with one attached hydrogen (secondary N) is 1. The van der Waals surface area contributed by atoms with Crippen LogP contribution in [0.2, 0.25) is 0 Å². The van der Waals surface area contributed by atoms with Gasteiger partial charge in [-0.1, -0.05) is 24.3 Å². The molecular formula is C21H25N3O2. The fourth-order valence-corrected chi connectivity index (χ4v) is 3.89. The minimum absolute atomic E-state index is 0.00452.